The van der Waals surface area contributed by atoms with Crippen molar-refractivity contribution >= 4 is 17.7 Å². The topological polar surface area (TPSA) is 38.8 Å². The fourth-order valence-electron chi connectivity index (χ4n) is 2.91. The van der Waals surface area contributed by atoms with Gasteiger partial charge in [0, 0.05) is 17.9 Å². The molecule has 4 rings (SSSR count). The lowest BCUT2D eigenvalue weighted by Gasteiger charge is -2.26. The Bertz CT molecular complexity index is 719. The van der Waals surface area contributed by atoms with Crippen molar-refractivity contribution in [2.24, 2.45) is 0 Å². The Morgan fingerprint density at radius 3 is 2.65 bits per heavy atom. The van der Waals surface area contributed by atoms with Crippen LogP contribution in [0.5, 0.6) is 11.5 Å². The summed E-state index contributed by atoms with van der Waals surface area (Å²) in [6, 6.07) is 15.4. The van der Waals surface area contributed by atoms with Crippen molar-refractivity contribution in [1.82, 2.24) is 4.90 Å². The molecule has 0 radical (unpaired) electrons. The van der Waals surface area contributed by atoms with Gasteiger partial charge in [-0.05, 0) is 29.8 Å². The molecule has 118 valence electrons. The third-order valence-electron chi connectivity index (χ3n) is 4.02. The van der Waals surface area contributed by atoms with Gasteiger partial charge in [-0.2, -0.15) is 0 Å². The van der Waals surface area contributed by atoms with E-state index in [2.05, 4.69) is 0 Å². The third kappa shape index (κ3) is 2.77. The Labute approximate surface area is 139 Å². The number of hydrogen-bond donors (Lipinski definition) is 0. The van der Waals surface area contributed by atoms with E-state index in [1.54, 1.807) is 11.8 Å². The predicted octanol–water partition coefficient (Wildman–Crippen LogP) is 3.35. The molecular formula is C18H17NO3S. The maximum absolute atomic E-state index is 12.8. The van der Waals surface area contributed by atoms with Gasteiger partial charge in [-0.15, -0.1) is 11.8 Å². The Balaban J connectivity index is 1.62. The number of carbonyl (C=O) groups is 1. The molecule has 0 spiro atoms. The van der Waals surface area contributed by atoms with E-state index in [0.717, 1.165) is 34.9 Å². The van der Waals surface area contributed by atoms with Gasteiger partial charge in [0.25, 0.3) is 5.91 Å². The quantitative estimate of drug-likeness (QED) is 0.848. The molecule has 4 nitrogen and oxygen atoms in total. The van der Waals surface area contributed by atoms with Crippen molar-refractivity contribution in [2.75, 3.05) is 25.5 Å². The third-order valence-corrected chi connectivity index (χ3v) is 5.28. The average molecular weight is 327 g/mol. The maximum atomic E-state index is 12.8. The van der Waals surface area contributed by atoms with Crippen molar-refractivity contribution in [1.29, 1.82) is 0 Å². The van der Waals surface area contributed by atoms with Crippen LogP contribution >= 0.6 is 11.8 Å². The number of hydrogen-bond acceptors (Lipinski definition) is 4. The van der Waals surface area contributed by atoms with E-state index < -0.39 is 0 Å². The van der Waals surface area contributed by atoms with Gasteiger partial charge in [0.15, 0.2) is 11.5 Å². The number of fused-ring (bicyclic) bond motifs is 1. The molecule has 0 saturated carbocycles. The minimum absolute atomic E-state index is 0.0264. The predicted molar refractivity (Wildman–Crippen MR) is 90.1 cm³/mol. The first-order chi connectivity index (χ1) is 11.3. The van der Waals surface area contributed by atoms with Gasteiger partial charge in [0.2, 0.25) is 0 Å². The van der Waals surface area contributed by atoms with Crippen LogP contribution in [-0.2, 0) is 0 Å². The van der Waals surface area contributed by atoms with E-state index in [4.69, 9.17) is 9.47 Å². The van der Waals surface area contributed by atoms with E-state index in [9.17, 15) is 4.79 Å². The van der Waals surface area contributed by atoms with Gasteiger partial charge >= 0.3 is 0 Å². The van der Waals surface area contributed by atoms with Crippen molar-refractivity contribution in [3.05, 3.63) is 59.7 Å². The average Bonchev–Trinajstić information content (AvgIpc) is 3.11. The maximum Gasteiger partial charge on any atom is 0.255 e. The molecule has 0 unspecified atom stereocenters. The van der Waals surface area contributed by atoms with Gasteiger partial charge in [-0.3, -0.25) is 4.79 Å². The summed E-state index contributed by atoms with van der Waals surface area (Å²) in [6.07, 6.45) is 0. The van der Waals surface area contributed by atoms with E-state index in [1.165, 1.54) is 0 Å². The number of benzene rings is 2. The molecule has 0 N–H and O–H groups in total. The van der Waals surface area contributed by atoms with Crippen molar-refractivity contribution in [3.63, 3.8) is 0 Å². The summed E-state index contributed by atoms with van der Waals surface area (Å²) in [5.41, 5.74) is 1.82. The number of nitrogens with zero attached hydrogens (tertiary/aromatic N) is 1. The molecule has 1 atom stereocenters. The minimum atomic E-state index is 0.0264. The minimum Gasteiger partial charge on any atom is -0.486 e. The largest absolute Gasteiger partial charge is 0.486 e. The second-order valence-electron chi connectivity index (χ2n) is 5.49. The molecule has 2 aliphatic heterocycles. The molecule has 2 aliphatic rings. The van der Waals surface area contributed by atoms with Crippen LogP contribution in [0.4, 0.5) is 0 Å². The van der Waals surface area contributed by atoms with Crippen molar-refractivity contribution in [2.45, 2.75) is 5.37 Å². The zero-order valence-electron chi connectivity index (χ0n) is 12.6. The lowest BCUT2D eigenvalue weighted by Crippen LogP contribution is -2.30. The molecule has 1 saturated heterocycles. The molecule has 0 aromatic heterocycles. The summed E-state index contributed by atoms with van der Waals surface area (Å²) in [4.78, 5) is 14.7. The molecule has 0 aliphatic carbocycles. The molecule has 2 aromatic rings. The Morgan fingerprint density at radius 1 is 1.04 bits per heavy atom. The number of rotatable bonds is 2. The second-order valence-corrected chi connectivity index (χ2v) is 6.68. The Hall–Kier alpha value is -2.14. The van der Waals surface area contributed by atoms with E-state index in [-0.39, 0.29) is 11.3 Å². The monoisotopic (exact) mass is 327 g/mol. The van der Waals surface area contributed by atoms with Gasteiger partial charge < -0.3 is 14.4 Å². The summed E-state index contributed by atoms with van der Waals surface area (Å²) in [7, 11) is 0. The van der Waals surface area contributed by atoms with Gasteiger partial charge in [-0.25, -0.2) is 0 Å². The van der Waals surface area contributed by atoms with Crippen molar-refractivity contribution < 1.29 is 14.3 Å². The highest BCUT2D eigenvalue weighted by Gasteiger charge is 2.32. The standard InChI is InChI=1S/C18H17NO3S/c20-17(13-4-2-1-3-5-13)19-8-11-23-18(19)14-6-7-15-16(12-14)22-10-9-21-15/h1-7,12,18H,8-11H2/t18-/m1/s1. The fraction of sp³-hybridized carbons (Fsp3) is 0.278. The van der Waals surface area contributed by atoms with Crippen LogP contribution in [-0.4, -0.2) is 36.3 Å². The Morgan fingerprint density at radius 2 is 1.83 bits per heavy atom. The van der Waals surface area contributed by atoms with Crippen LogP contribution in [0.1, 0.15) is 21.3 Å². The summed E-state index contributed by atoms with van der Waals surface area (Å²) in [5.74, 6) is 2.57. The molecule has 2 heterocycles. The molecule has 0 bridgehead atoms. The lowest BCUT2D eigenvalue weighted by molar-refractivity contribution is 0.0760. The number of carbonyl (C=O) groups excluding carboxylic acids is 1. The normalized spacial score (nSPS) is 19.7. The van der Waals surface area contributed by atoms with Gasteiger partial charge in [0.1, 0.15) is 18.6 Å². The SMILES string of the molecule is O=C(c1ccccc1)N1CCS[C@@H]1c1ccc2c(c1)OCCO2. The molecule has 23 heavy (non-hydrogen) atoms. The fourth-order valence-corrected chi connectivity index (χ4v) is 4.16. The van der Waals surface area contributed by atoms with Crippen LogP contribution in [0.2, 0.25) is 0 Å². The van der Waals surface area contributed by atoms with E-state index in [1.807, 2.05) is 53.4 Å². The summed E-state index contributed by atoms with van der Waals surface area (Å²) >= 11 is 1.79. The molecule has 2 aromatic carbocycles. The summed E-state index contributed by atoms with van der Waals surface area (Å²) in [6.45, 7) is 1.92. The van der Waals surface area contributed by atoms with E-state index in [0.29, 0.717) is 13.2 Å². The van der Waals surface area contributed by atoms with Gasteiger partial charge in [-0.1, -0.05) is 24.3 Å². The van der Waals surface area contributed by atoms with Crippen molar-refractivity contribution in [3.8, 4) is 11.5 Å². The Kier molecular flexibility index (Phi) is 3.87. The molecular weight excluding hydrogens is 310 g/mol. The number of thioether (sulfide) groups is 1. The molecule has 5 heteroatoms. The number of amides is 1. The van der Waals surface area contributed by atoms with E-state index >= 15 is 0 Å². The van der Waals surface area contributed by atoms with Crippen LogP contribution in [0, 0.1) is 0 Å². The zero-order chi connectivity index (χ0) is 15.6. The molecule has 1 amide bonds. The summed E-state index contributed by atoms with van der Waals surface area (Å²) in [5, 5.41) is 0.0264. The first-order valence-electron chi connectivity index (χ1n) is 7.70. The van der Waals surface area contributed by atoms with Crippen LogP contribution in [0.25, 0.3) is 0 Å². The van der Waals surface area contributed by atoms with Crippen LogP contribution in [0.15, 0.2) is 48.5 Å². The highest BCUT2D eigenvalue weighted by molar-refractivity contribution is 7.99. The highest BCUT2D eigenvalue weighted by Crippen LogP contribution is 2.42. The van der Waals surface area contributed by atoms with Gasteiger partial charge in [0.05, 0.1) is 0 Å². The molecule has 1 fully saturated rings. The first-order valence-corrected chi connectivity index (χ1v) is 8.75. The smallest absolute Gasteiger partial charge is 0.255 e. The zero-order valence-corrected chi connectivity index (χ0v) is 13.4. The lowest BCUT2D eigenvalue weighted by atomic mass is 10.1. The highest BCUT2D eigenvalue weighted by atomic mass is 32.2. The number of ether oxygens (including phenoxy) is 2. The van der Waals surface area contributed by atoms with Crippen LogP contribution in [0.3, 0.4) is 0 Å². The first kappa shape index (κ1) is 14.5. The van der Waals surface area contributed by atoms with Crippen LogP contribution < -0.4 is 9.47 Å². The second kappa shape index (κ2) is 6.16. The summed E-state index contributed by atoms with van der Waals surface area (Å²) < 4.78 is 11.2.